The smallest absolute Gasteiger partial charge is 0.224 e. The highest BCUT2D eigenvalue weighted by atomic mass is 35.5. The topological polar surface area (TPSA) is 48.3 Å². The van der Waals surface area contributed by atoms with Crippen LogP contribution < -0.4 is 5.01 Å². The van der Waals surface area contributed by atoms with Gasteiger partial charge in [-0.1, -0.05) is 22.9 Å². The van der Waals surface area contributed by atoms with Crippen molar-refractivity contribution < 1.29 is 4.79 Å². The van der Waals surface area contributed by atoms with Gasteiger partial charge in [-0.2, -0.15) is 5.11 Å². The first-order valence-electron chi connectivity index (χ1n) is 5.97. The van der Waals surface area contributed by atoms with E-state index in [4.69, 9.17) is 11.6 Å². The largest absolute Gasteiger partial charge is 0.319 e. The van der Waals surface area contributed by atoms with Gasteiger partial charge in [0.25, 0.3) is 0 Å². The molecular formula is C12H13ClN4O. The number of hydrogen-bond donors (Lipinski definition) is 0. The van der Waals surface area contributed by atoms with Gasteiger partial charge in [-0.25, -0.2) is 5.01 Å². The van der Waals surface area contributed by atoms with Crippen LogP contribution in [0, 0.1) is 0 Å². The van der Waals surface area contributed by atoms with Gasteiger partial charge in [0.05, 0.1) is 5.69 Å². The molecule has 2 heterocycles. The van der Waals surface area contributed by atoms with Crippen LogP contribution in [0.3, 0.4) is 0 Å². The molecule has 0 spiro atoms. The molecule has 1 amide bonds. The van der Waals surface area contributed by atoms with Crippen molar-refractivity contribution in [2.45, 2.75) is 19.0 Å². The highest BCUT2D eigenvalue weighted by Gasteiger charge is 2.35. The van der Waals surface area contributed by atoms with Crippen molar-refractivity contribution in [2.75, 3.05) is 18.1 Å². The van der Waals surface area contributed by atoms with E-state index in [-0.39, 0.29) is 12.1 Å². The molecule has 18 heavy (non-hydrogen) atoms. The molecule has 0 bridgehead atoms. The van der Waals surface area contributed by atoms with Crippen LogP contribution in [-0.2, 0) is 4.79 Å². The van der Waals surface area contributed by atoms with Gasteiger partial charge in [-0.3, -0.25) is 4.79 Å². The summed E-state index contributed by atoms with van der Waals surface area (Å²) in [6.45, 7) is 1.31. The fraction of sp³-hybridized carbons (Fsp3) is 0.417. The molecule has 0 aliphatic carbocycles. The predicted octanol–water partition coefficient (Wildman–Crippen LogP) is 2.48. The van der Waals surface area contributed by atoms with E-state index in [2.05, 4.69) is 10.3 Å². The summed E-state index contributed by atoms with van der Waals surface area (Å²) in [5, 5.41) is 10.6. The molecule has 3 rings (SSSR count). The number of likely N-dealkylation sites (tertiary alicyclic amines) is 1. The van der Waals surface area contributed by atoms with Gasteiger partial charge in [0.1, 0.15) is 12.7 Å². The van der Waals surface area contributed by atoms with Crippen LogP contribution >= 0.6 is 11.6 Å². The van der Waals surface area contributed by atoms with Crippen molar-refractivity contribution in [1.29, 1.82) is 0 Å². The van der Waals surface area contributed by atoms with E-state index in [9.17, 15) is 4.79 Å². The number of halogens is 1. The van der Waals surface area contributed by atoms with Gasteiger partial charge in [-0.05, 0) is 24.6 Å². The van der Waals surface area contributed by atoms with Crippen LogP contribution in [0.15, 0.2) is 34.6 Å². The highest BCUT2D eigenvalue weighted by Crippen LogP contribution is 2.28. The molecule has 1 unspecified atom stereocenters. The lowest BCUT2D eigenvalue weighted by Crippen LogP contribution is -2.46. The Morgan fingerprint density at radius 2 is 2.28 bits per heavy atom. The molecule has 2 aliphatic heterocycles. The molecule has 5 nitrogen and oxygen atoms in total. The molecule has 1 aromatic rings. The zero-order valence-corrected chi connectivity index (χ0v) is 10.5. The molecule has 0 aromatic heterocycles. The Bertz CT molecular complexity index is 505. The second-order valence-corrected chi connectivity index (χ2v) is 4.85. The molecule has 1 saturated heterocycles. The summed E-state index contributed by atoms with van der Waals surface area (Å²) < 4.78 is 0. The lowest BCUT2D eigenvalue weighted by atomic mass is 10.3. The third kappa shape index (κ3) is 1.95. The number of nitrogens with zero attached hydrogens (tertiary/aromatic N) is 4. The van der Waals surface area contributed by atoms with E-state index in [1.54, 1.807) is 5.01 Å². The molecule has 94 valence electrons. The maximum atomic E-state index is 11.8. The summed E-state index contributed by atoms with van der Waals surface area (Å²) in [6, 6.07) is 7.44. The summed E-state index contributed by atoms with van der Waals surface area (Å²) in [7, 11) is 0. The lowest BCUT2D eigenvalue weighted by Gasteiger charge is -2.29. The Kier molecular flexibility index (Phi) is 2.91. The van der Waals surface area contributed by atoms with Crippen LogP contribution in [0.1, 0.15) is 12.8 Å². The number of carbonyl (C=O) groups excluding carboxylic acids is 1. The third-order valence-electron chi connectivity index (χ3n) is 3.23. The third-order valence-corrected chi connectivity index (χ3v) is 3.46. The van der Waals surface area contributed by atoms with Gasteiger partial charge in [0, 0.05) is 18.0 Å². The molecule has 6 heteroatoms. The fourth-order valence-electron chi connectivity index (χ4n) is 2.37. The van der Waals surface area contributed by atoms with E-state index in [1.165, 1.54) is 0 Å². The van der Waals surface area contributed by atoms with Crippen molar-refractivity contribution in [3.63, 3.8) is 0 Å². The molecule has 0 radical (unpaired) electrons. The number of benzene rings is 1. The lowest BCUT2D eigenvalue weighted by molar-refractivity contribution is -0.129. The van der Waals surface area contributed by atoms with E-state index >= 15 is 0 Å². The van der Waals surface area contributed by atoms with Gasteiger partial charge < -0.3 is 4.90 Å². The Balaban J connectivity index is 1.86. The van der Waals surface area contributed by atoms with Crippen LogP contribution in [0.25, 0.3) is 0 Å². The monoisotopic (exact) mass is 264 g/mol. The number of carbonyl (C=O) groups is 1. The number of hydrogen-bond acceptors (Lipinski definition) is 4. The Morgan fingerprint density at radius 3 is 3.00 bits per heavy atom. The number of rotatable bonds is 2. The van der Waals surface area contributed by atoms with Crippen LogP contribution in [-0.4, -0.2) is 30.1 Å². The minimum Gasteiger partial charge on any atom is -0.319 e. The molecule has 1 atom stereocenters. The first kappa shape index (κ1) is 11.5. The highest BCUT2D eigenvalue weighted by molar-refractivity contribution is 6.30. The molecular weight excluding hydrogens is 252 g/mol. The van der Waals surface area contributed by atoms with Crippen molar-refractivity contribution in [1.82, 2.24) is 4.90 Å². The van der Waals surface area contributed by atoms with Crippen molar-refractivity contribution in [3.8, 4) is 0 Å². The molecule has 0 N–H and O–H groups in total. The summed E-state index contributed by atoms with van der Waals surface area (Å²) in [6.07, 6.45) is 1.44. The minimum absolute atomic E-state index is 0.0986. The summed E-state index contributed by atoms with van der Waals surface area (Å²) in [4.78, 5) is 13.6. The standard InChI is InChI=1S/C12H13ClN4O/c13-9-3-1-4-10(7-9)17-11(8-14-15-17)16-6-2-5-12(16)18/h1,3-4,7,11H,2,5-6,8H2. The number of amides is 1. The van der Waals surface area contributed by atoms with Gasteiger partial charge in [-0.15, -0.1) is 0 Å². The summed E-state index contributed by atoms with van der Waals surface area (Å²) in [5.41, 5.74) is 0.869. The van der Waals surface area contributed by atoms with E-state index in [1.807, 2.05) is 29.2 Å². The quantitative estimate of drug-likeness (QED) is 0.824. The van der Waals surface area contributed by atoms with Crippen molar-refractivity contribution in [3.05, 3.63) is 29.3 Å². The van der Waals surface area contributed by atoms with Gasteiger partial charge in [0.2, 0.25) is 5.91 Å². The number of anilines is 1. The maximum Gasteiger partial charge on any atom is 0.224 e. The Labute approximate surface area is 110 Å². The van der Waals surface area contributed by atoms with E-state index < -0.39 is 0 Å². The molecule has 0 saturated carbocycles. The summed E-state index contributed by atoms with van der Waals surface area (Å²) in [5.74, 6) is 0.180. The van der Waals surface area contributed by atoms with Gasteiger partial charge >= 0.3 is 0 Å². The fourth-order valence-corrected chi connectivity index (χ4v) is 2.56. The minimum atomic E-state index is -0.0986. The van der Waals surface area contributed by atoms with E-state index in [0.29, 0.717) is 18.0 Å². The zero-order chi connectivity index (χ0) is 12.5. The first-order chi connectivity index (χ1) is 8.75. The second kappa shape index (κ2) is 4.57. The zero-order valence-electron chi connectivity index (χ0n) is 9.79. The van der Waals surface area contributed by atoms with Crippen LogP contribution in [0.2, 0.25) is 5.02 Å². The predicted molar refractivity (Wildman–Crippen MR) is 68.4 cm³/mol. The van der Waals surface area contributed by atoms with Crippen molar-refractivity contribution >= 4 is 23.2 Å². The van der Waals surface area contributed by atoms with Crippen LogP contribution in [0.4, 0.5) is 5.69 Å². The first-order valence-corrected chi connectivity index (χ1v) is 6.35. The van der Waals surface area contributed by atoms with E-state index in [0.717, 1.165) is 18.7 Å². The maximum absolute atomic E-state index is 11.8. The second-order valence-electron chi connectivity index (χ2n) is 4.41. The average molecular weight is 265 g/mol. The Hall–Kier alpha value is -1.62. The molecule has 1 fully saturated rings. The van der Waals surface area contributed by atoms with Gasteiger partial charge in [0.15, 0.2) is 0 Å². The normalized spacial score (nSPS) is 23.2. The SMILES string of the molecule is O=C1CCCN1C1CN=NN1c1cccc(Cl)c1. The molecule has 2 aliphatic rings. The van der Waals surface area contributed by atoms with Crippen LogP contribution in [0.5, 0.6) is 0 Å². The summed E-state index contributed by atoms with van der Waals surface area (Å²) >= 11 is 5.98. The Morgan fingerprint density at radius 1 is 1.39 bits per heavy atom. The molecule has 1 aromatic carbocycles. The average Bonchev–Trinajstić information content (AvgIpc) is 2.96. The van der Waals surface area contributed by atoms with Crippen molar-refractivity contribution in [2.24, 2.45) is 10.3 Å².